The summed E-state index contributed by atoms with van der Waals surface area (Å²) in [4.78, 5) is 0. The van der Waals surface area contributed by atoms with Crippen LogP contribution in [0.1, 0.15) is 95.5 Å². The number of rotatable bonds is 7. The van der Waals surface area contributed by atoms with Crippen LogP contribution in [0, 0.1) is 29.4 Å². The van der Waals surface area contributed by atoms with Crippen LogP contribution in [0.4, 0.5) is 8.78 Å². The van der Waals surface area contributed by atoms with Crippen molar-refractivity contribution in [2.75, 3.05) is 0 Å². The summed E-state index contributed by atoms with van der Waals surface area (Å²) in [6, 6.07) is 4.09. The predicted octanol–water partition coefficient (Wildman–Crippen LogP) is 7.63. The van der Waals surface area contributed by atoms with E-state index in [0.717, 1.165) is 42.2 Å². The minimum atomic E-state index is -0.427. The van der Waals surface area contributed by atoms with E-state index < -0.39 is 11.6 Å². The molecule has 0 aliphatic heterocycles. The molecule has 0 radical (unpaired) electrons. The van der Waals surface area contributed by atoms with Crippen molar-refractivity contribution in [2.24, 2.45) is 17.8 Å². The summed E-state index contributed by atoms with van der Waals surface area (Å²) in [6.07, 6.45) is 16.0. The lowest BCUT2D eigenvalue weighted by molar-refractivity contribution is 0.113. The van der Waals surface area contributed by atoms with Crippen molar-refractivity contribution in [2.45, 2.75) is 89.9 Å². The molecule has 2 saturated carbocycles. The van der Waals surface area contributed by atoms with Crippen LogP contribution in [0.15, 0.2) is 18.2 Å². The smallest absolute Gasteiger partial charge is 0.126 e. The fourth-order valence-electron chi connectivity index (χ4n) is 5.40. The zero-order valence-corrected chi connectivity index (χ0v) is 15.8. The highest BCUT2D eigenvalue weighted by Gasteiger charge is 2.35. The number of hydrogen-bond donors (Lipinski definition) is 0. The number of fused-ring (bicyclic) bond motifs is 1. The van der Waals surface area contributed by atoms with Gasteiger partial charge in [-0.25, -0.2) is 8.78 Å². The molecular weight excluding hydrogens is 314 g/mol. The first kappa shape index (κ1) is 18.9. The van der Waals surface area contributed by atoms with Gasteiger partial charge in [0.25, 0.3) is 0 Å². The first-order chi connectivity index (χ1) is 12.2. The Kier molecular flexibility index (Phi) is 6.90. The third-order valence-electron chi connectivity index (χ3n) is 6.79. The minimum absolute atomic E-state index is 0.358. The molecule has 2 fully saturated rings. The van der Waals surface area contributed by atoms with E-state index in [-0.39, 0.29) is 0 Å². The van der Waals surface area contributed by atoms with Crippen LogP contribution >= 0.6 is 0 Å². The molecule has 1 unspecified atom stereocenters. The first-order valence-corrected chi connectivity index (χ1v) is 10.6. The van der Waals surface area contributed by atoms with Gasteiger partial charge in [-0.05, 0) is 73.5 Å². The summed E-state index contributed by atoms with van der Waals surface area (Å²) in [6.45, 7) is 2.27. The van der Waals surface area contributed by atoms with E-state index in [4.69, 9.17) is 0 Å². The van der Waals surface area contributed by atoms with E-state index >= 15 is 0 Å². The Labute approximate surface area is 152 Å². The molecule has 3 rings (SSSR count). The van der Waals surface area contributed by atoms with Gasteiger partial charge in [0, 0.05) is 6.07 Å². The molecule has 0 aromatic heterocycles. The number of halogens is 2. The van der Waals surface area contributed by atoms with Gasteiger partial charge in [0.2, 0.25) is 0 Å². The third kappa shape index (κ3) is 5.28. The second kappa shape index (κ2) is 9.14. The molecule has 0 spiro atoms. The van der Waals surface area contributed by atoms with Gasteiger partial charge < -0.3 is 0 Å². The van der Waals surface area contributed by atoms with Crippen molar-refractivity contribution in [1.29, 1.82) is 0 Å². The van der Waals surface area contributed by atoms with Crippen LogP contribution < -0.4 is 0 Å². The van der Waals surface area contributed by atoms with Gasteiger partial charge >= 0.3 is 0 Å². The molecule has 1 aromatic carbocycles. The summed E-state index contributed by atoms with van der Waals surface area (Å²) < 4.78 is 27.0. The maximum absolute atomic E-state index is 13.5. The lowest BCUT2D eigenvalue weighted by atomic mass is 9.63. The first-order valence-electron chi connectivity index (χ1n) is 10.6. The molecule has 2 aliphatic carbocycles. The molecule has 4 atom stereocenters. The van der Waals surface area contributed by atoms with Crippen LogP contribution in [0.5, 0.6) is 0 Å². The van der Waals surface area contributed by atoms with Crippen molar-refractivity contribution in [3.8, 4) is 0 Å². The molecule has 25 heavy (non-hydrogen) atoms. The second-order valence-electron chi connectivity index (χ2n) is 8.61. The zero-order chi connectivity index (χ0) is 17.6. The van der Waals surface area contributed by atoms with Crippen molar-refractivity contribution in [3.05, 3.63) is 35.4 Å². The quantitative estimate of drug-likeness (QED) is 0.444. The molecule has 0 bridgehead atoms. The van der Waals surface area contributed by atoms with Crippen LogP contribution in [0.3, 0.4) is 0 Å². The summed E-state index contributed by atoms with van der Waals surface area (Å²) in [5.74, 6) is 2.08. The normalized spacial score (nSPS) is 29.4. The molecule has 0 saturated heterocycles. The van der Waals surface area contributed by atoms with E-state index in [1.807, 2.05) is 0 Å². The average molecular weight is 349 g/mol. The maximum Gasteiger partial charge on any atom is 0.126 e. The number of hydrogen-bond acceptors (Lipinski definition) is 0. The molecular formula is C23H34F2. The van der Waals surface area contributed by atoms with Gasteiger partial charge in [0.15, 0.2) is 0 Å². The molecule has 0 amide bonds. The summed E-state index contributed by atoms with van der Waals surface area (Å²) in [5.41, 5.74) is 0.883. The highest BCUT2D eigenvalue weighted by molar-refractivity contribution is 5.22. The van der Waals surface area contributed by atoms with Gasteiger partial charge in [-0.3, -0.25) is 0 Å². The Morgan fingerprint density at radius 3 is 2.24 bits per heavy atom. The molecule has 0 N–H and O–H groups in total. The molecule has 140 valence electrons. The van der Waals surface area contributed by atoms with Gasteiger partial charge in [0.1, 0.15) is 11.6 Å². The molecule has 1 aromatic rings. The number of unbranched alkanes of at least 4 members (excludes halogenated alkanes) is 4. The number of benzene rings is 1. The average Bonchev–Trinajstić information content (AvgIpc) is 2.60. The highest BCUT2D eigenvalue weighted by Crippen LogP contribution is 2.48. The highest BCUT2D eigenvalue weighted by atomic mass is 19.1. The SMILES string of the molecule is CCCCCCCC1CC[C@@H]2C[C@H](c3cc(F)cc(F)c3)CC[C@@H]2C1. The van der Waals surface area contributed by atoms with E-state index in [9.17, 15) is 8.78 Å². The van der Waals surface area contributed by atoms with Crippen LogP contribution in [0.25, 0.3) is 0 Å². The topological polar surface area (TPSA) is 0 Å². The van der Waals surface area contributed by atoms with Crippen LogP contribution in [-0.4, -0.2) is 0 Å². The predicted molar refractivity (Wildman–Crippen MR) is 101 cm³/mol. The lowest BCUT2D eigenvalue weighted by Gasteiger charge is -2.42. The second-order valence-corrected chi connectivity index (χ2v) is 8.61. The Morgan fingerprint density at radius 1 is 0.800 bits per heavy atom. The summed E-state index contributed by atoms with van der Waals surface area (Å²) >= 11 is 0. The summed E-state index contributed by atoms with van der Waals surface area (Å²) in [5, 5.41) is 0. The molecule has 2 aliphatic rings. The Bertz CT molecular complexity index is 519. The van der Waals surface area contributed by atoms with Gasteiger partial charge in [0.05, 0.1) is 0 Å². The van der Waals surface area contributed by atoms with Crippen molar-refractivity contribution >= 4 is 0 Å². The third-order valence-corrected chi connectivity index (χ3v) is 6.79. The minimum Gasteiger partial charge on any atom is -0.207 e. The van der Waals surface area contributed by atoms with Crippen molar-refractivity contribution in [1.82, 2.24) is 0 Å². The summed E-state index contributed by atoms with van der Waals surface area (Å²) in [7, 11) is 0. The van der Waals surface area contributed by atoms with E-state index in [0.29, 0.717) is 5.92 Å². The maximum atomic E-state index is 13.5. The monoisotopic (exact) mass is 348 g/mol. The molecule has 0 nitrogen and oxygen atoms in total. The molecule has 2 heteroatoms. The Hall–Kier alpha value is -0.920. The standard InChI is InChI=1S/C23H34F2/c1-2-3-4-5-6-7-17-8-9-19-13-20(11-10-18(19)12-17)21-14-22(24)16-23(25)15-21/h14-20H,2-13H2,1H3/t17?,18-,19-,20-/m1/s1. The van der Waals surface area contributed by atoms with E-state index in [2.05, 4.69) is 6.92 Å². The fourth-order valence-corrected chi connectivity index (χ4v) is 5.40. The van der Waals surface area contributed by atoms with Gasteiger partial charge in [-0.2, -0.15) is 0 Å². The zero-order valence-electron chi connectivity index (χ0n) is 15.8. The van der Waals surface area contributed by atoms with Crippen molar-refractivity contribution < 1.29 is 8.78 Å². The Balaban J connectivity index is 1.47. The fraction of sp³-hybridized carbons (Fsp3) is 0.739. The largest absolute Gasteiger partial charge is 0.207 e. The lowest BCUT2D eigenvalue weighted by Crippen LogP contribution is -2.30. The van der Waals surface area contributed by atoms with Crippen molar-refractivity contribution in [3.63, 3.8) is 0 Å². The van der Waals surface area contributed by atoms with Crippen LogP contribution in [-0.2, 0) is 0 Å². The van der Waals surface area contributed by atoms with Gasteiger partial charge in [-0.1, -0.05) is 51.9 Å². The van der Waals surface area contributed by atoms with E-state index in [1.54, 1.807) is 12.1 Å². The van der Waals surface area contributed by atoms with E-state index in [1.165, 1.54) is 64.2 Å². The van der Waals surface area contributed by atoms with Crippen LogP contribution in [0.2, 0.25) is 0 Å². The Morgan fingerprint density at radius 2 is 1.48 bits per heavy atom. The molecule has 0 heterocycles. The van der Waals surface area contributed by atoms with Gasteiger partial charge in [-0.15, -0.1) is 0 Å².